The molecule has 9 nitrogen and oxygen atoms in total. The summed E-state index contributed by atoms with van der Waals surface area (Å²) in [4.78, 5) is 26.9. The maximum atomic E-state index is 12.7. The highest BCUT2D eigenvalue weighted by molar-refractivity contribution is 6.04. The zero-order valence-electron chi connectivity index (χ0n) is 16.1. The number of nitrogens with zero attached hydrogens (tertiary/aromatic N) is 5. The third kappa shape index (κ3) is 3.79. The molecule has 0 spiro atoms. The maximum absolute atomic E-state index is 12.7. The second-order valence-electron chi connectivity index (χ2n) is 6.87. The van der Waals surface area contributed by atoms with Gasteiger partial charge >= 0.3 is 0 Å². The van der Waals surface area contributed by atoms with Crippen LogP contribution in [0.2, 0.25) is 0 Å². The molecule has 1 unspecified atom stereocenters. The van der Waals surface area contributed by atoms with Gasteiger partial charge in [0, 0.05) is 18.7 Å². The topological polar surface area (TPSA) is 102 Å². The summed E-state index contributed by atoms with van der Waals surface area (Å²) in [6.07, 6.45) is 1.65. The van der Waals surface area contributed by atoms with Crippen LogP contribution in [0.3, 0.4) is 0 Å². The molecule has 2 aromatic carbocycles. The summed E-state index contributed by atoms with van der Waals surface area (Å²) in [5.41, 5.74) is 3.13. The van der Waals surface area contributed by atoms with Gasteiger partial charge in [0.1, 0.15) is 12.1 Å². The van der Waals surface area contributed by atoms with E-state index in [0.29, 0.717) is 23.7 Å². The first kappa shape index (κ1) is 18.6. The predicted molar refractivity (Wildman–Crippen MR) is 106 cm³/mol. The van der Waals surface area contributed by atoms with E-state index in [1.165, 1.54) is 11.0 Å². The zero-order valence-corrected chi connectivity index (χ0v) is 16.1. The van der Waals surface area contributed by atoms with E-state index in [-0.39, 0.29) is 18.2 Å². The molecule has 2 amide bonds. The van der Waals surface area contributed by atoms with Gasteiger partial charge in [-0.2, -0.15) is 0 Å². The van der Waals surface area contributed by atoms with Gasteiger partial charge in [0.2, 0.25) is 11.8 Å². The molecule has 3 aromatic rings. The van der Waals surface area contributed by atoms with E-state index >= 15 is 0 Å². The van der Waals surface area contributed by atoms with E-state index in [1.54, 1.807) is 36.3 Å². The van der Waals surface area contributed by atoms with Gasteiger partial charge in [-0.3, -0.25) is 9.59 Å². The molecular weight excluding hydrogens is 372 g/mol. The van der Waals surface area contributed by atoms with Crippen molar-refractivity contribution in [1.29, 1.82) is 0 Å². The van der Waals surface area contributed by atoms with Gasteiger partial charge in [0.25, 0.3) is 0 Å². The van der Waals surface area contributed by atoms with E-state index in [9.17, 15) is 9.59 Å². The Labute approximate surface area is 167 Å². The summed E-state index contributed by atoms with van der Waals surface area (Å²) in [5.74, 6) is -0.110. The van der Waals surface area contributed by atoms with Crippen molar-refractivity contribution in [2.45, 2.75) is 13.3 Å². The first-order chi connectivity index (χ1) is 14.0. The molecule has 1 aliphatic rings. The molecule has 1 fully saturated rings. The van der Waals surface area contributed by atoms with E-state index in [0.717, 1.165) is 11.3 Å². The fraction of sp³-hybridized carbons (Fsp3) is 0.250. The number of rotatable bonds is 5. The van der Waals surface area contributed by atoms with Crippen LogP contribution in [0.5, 0.6) is 5.75 Å². The van der Waals surface area contributed by atoms with Crippen LogP contribution in [0.25, 0.3) is 5.69 Å². The quantitative estimate of drug-likeness (QED) is 0.712. The average molecular weight is 392 g/mol. The Kier molecular flexibility index (Phi) is 4.94. The summed E-state index contributed by atoms with van der Waals surface area (Å²) in [6, 6.07) is 12.8. The average Bonchev–Trinajstić information content (AvgIpc) is 3.38. The Balaban J connectivity index is 1.45. The number of ether oxygens (including phenoxy) is 1. The first-order valence-electron chi connectivity index (χ1n) is 9.14. The molecule has 2 heterocycles. The normalized spacial score (nSPS) is 16.1. The Morgan fingerprint density at radius 2 is 2.00 bits per heavy atom. The van der Waals surface area contributed by atoms with Crippen molar-refractivity contribution in [2.24, 2.45) is 5.92 Å². The molecule has 0 bridgehead atoms. The van der Waals surface area contributed by atoms with Crippen molar-refractivity contribution < 1.29 is 14.3 Å². The molecule has 148 valence electrons. The van der Waals surface area contributed by atoms with Crippen molar-refractivity contribution in [3.05, 3.63) is 54.4 Å². The number of amides is 2. The van der Waals surface area contributed by atoms with Crippen LogP contribution in [-0.2, 0) is 9.59 Å². The summed E-state index contributed by atoms with van der Waals surface area (Å²) >= 11 is 0. The van der Waals surface area contributed by atoms with Crippen molar-refractivity contribution in [3.8, 4) is 11.4 Å². The Hall–Kier alpha value is -3.75. The number of aryl methyl sites for hydroxylation is 1. The second kappa shape index (κ2) is 7.70. The number of tetrazole rings is 1. The molecule has 1 aromatic heterocycles. The predicted octanol–water partition coefficient (Wildman–Crippen LogP) is 1.97. The summed E-state index contributed by atoms with van der Waals surface area (Å²) in [7, 11) is 1.57. The number of carbonyl (C=O) groups is 2. The van der Waals surface area contributed by atoms with Crippen LogP contribution in [-0.4, -0.2) is 45.7 Å². The summed E-state index contributed by atoms with van der Waals surface area (Å²) in [5, 5.41) is 13.9. The highest BCUT2D eigenvalue weighted by atomic mass is 16.5. The monoisotopic (exact) mass is 392 g/mol. The minimum atomic E-state index is -0.438. The van der Waals surface area contributed by atoms with Gasteiger partial charge in [0.05, 0.1) is 24.4 Å². The van der Waals surface area contributed by atoms with Crippen molar-refractivity contribution >= 4 is 23.2 Å². The lowest BCUT2D eigenvalue weighted by Gasteiger charge is -2.20. The lowest BCUT2D eigenvalue weighted by molar-refractivity contribution is -0.122. The van der Waals surface area contributed by atoms with E-state index < -0.39 is 5.92 Å². The standard InChI is InChI=1S/C20H20N6O3/c1-13-3-8-18(29-2)17(9-13)25-11-14(10-19(25)27)20(28)22-15-4-6-16(7-5-15)26-12-21-23-24-26/h3-9,12,14H,10-11H2,1-2H3,(H,22,28). The largest absolute Gasteiger partial charge is 0.495 e. The van der Waals surface area contributed by atoms with Gasteiger partial charge in [-0.05, 0) is 59.3 Å². The Bertz CT molecular complexity index is 1030. The zero-order chi connectivity index (χ0) is 20.4. The lowest BCUT2D eigenvalue weighted by atomic mass is 10.1. The molecule has 0 aliphatic carbocycles. The van der Waals surface area contributed by atoms with Crippen LogP contribution in [0, 0.1) is 12.8 Å². The number of hydrogen-bond acceptors (Lipinski definition) is 6. The molecule has 0 radical (unpaired) electrons. The van der Waals surface area contributed by atoms with Crippen LogP contribution in [0.15, 0.2) is 48.8 Å². The number of carbonyl (C=O) groups excluding carboxylic acids is 2. The van der Waals surface area contributed by atoms with Gasteiger partial charge in [-0.15, -0.1) is 5.10 Å². The highest BCUT2D eigenvalue weighted by Gasteiger charge is 2.36. The van der Waals surface area contributed by atoms with E-state index in [1.807, 2.05) is 25.1 Å². The number of methoxy groups -OCH3 is 1. The molecule has 29 heavy (non-hydrogen) atoms. The Morgan fingerprint density at radius 1 is 1.21 bits per heavy atom. The minimum absolute atomic E-state index is 0.0944. The van der Waals surface area contributed by atoms with E-state index in [2.05, 4.69) is 20.8 Å². The van der Waals surface area contributed by atoms with Crippen LogP contribution in [0.1, 0.15) is 12.0 Å². The molecule has 4 rings (SSSR count). The molecule has 0 saturated carbocycles. The summed E-state index contributed by atoms with van der Waals surface area (Å²) in [6.45, 7) is 2.26. The smallest absolute Gasteiger partial charge is 0.229 e. The van der Waals surface area contributed by atoms with Crippen molar-refractivity contribution in [1.82, 2.24) is 20.2 Å². The van der Waals surface area contributed by atoms with Crippen molar-refractivity contribution in [3.63, 3.8) is 0 Å². The highest BCUT2D eigenvalue weighted by Crippen LogP contribution is 2.34. The minimum Gasteiger partial charge on any atom is -0.495 e. The van der Waals surface area contributed by atoms with Crippen molar-refractivity contribution in [2.75, 3.05) is 23.9 Å². The molecule has 1 atom stereocenters. The van der Waals surface area contributed by atoms with Gasteiger partial charge in [0.15, 0.2) is 0 Å². The fourth-order valence-corrected chi connectivity index (χ4v) is 3.35. The third-order valence-corrected chi connectivity index (χ3v) is 4.87. The number of nitrogens with one attached hydrogen (secondary N) is 1. The summed E-state index contributed by atoms with van der Waals surface area (Å²) < 4.78 is 6.91. The lowest BCUT2D eigenvalue weighted by Crippen LogP contribution is -2.28. The van der Waals surface area contributed by atoms with Gasteiger partial charge < -0.3 is 15.0 Å². The SMILES string of the molecule is COc1ccc(C)cc1N1CC(C(=O)Nc2ccc(-n3cnnn3)cc2)CC1=O. The molecule has 1 saturated heterocycles. The van der Waals surface area contributed by atoms with Crippen LogP contribution in [0.4, 0.5) is 11.4 Å². The maximum Gasteiger partial charge on any atom is 0.229 e. The number of hydrogen-bond donors (Lipinski definition) is 1. The molecule has 1 aliphatic heterocycles. The van der Waals surface area contributed by atoms with Gasteiger partial charge in [-0.25, -0.2) is 4.68 Å². The fourth-order valence-electron chi connectivity index (χ4n) is 3.35. The molecule has 1 N–H and O–H groups in total. The van der Waals surface area contributed by atoms with Crippen LogP contribution < -0.4 is 15.0 Å². The number of anilines is 2. The number of benzene rings is 2. The molecular formula is C20H20N6O3. The Morgan fingerprint density at radius 3 is 2.69 bits per heavy atom. The first-order valence-corrected chi connectivity index (χ1v) is 9.14. The molecule has 9 heteroatoms. The van der Waals surface area contributed by atoms with Crippen LogP contribution >= 0.6 is 0 Å². The second-order valence-corrected chi connectivity index (χ2v) is 6.87. The number of aromatic nitrogens is 4. The van der Waals surface area contributed by atoms with Gasteiger partial charge in [-0.1, -0.05) is 6.07 Å². The van der Waals surface area contributed by atoms with E-state index in [4.69, 9.17) is 4.74 Å². The third-order valence-electron chi connectivity index (χ3n) is 4.87.